The van der Waals surface area contributed by atoms with E-state index in [-0.39, 0.29) is 12.1 Å². The summed E-state index contributed by atoms with van der Waals surface area (Å²) in [4.78, 5) is 0. The van der Waals surface area contributed by atoms with Crippen molar-refractivity contribution in [2.75, 3.05) is 13.2 Å². The molecule has 0 aromatic carbocycles. The van der Waals surface area contributed by atoms with Crippen LogP contribution in [0.2, 0.25) is 0 Å². The van der Waals surface area contributed by atoms with Crippen LogP contribution in [0, 0.1) is 0 Å². The van der Waals surface area contributed by atoms with Crippen LogP contribution in [0.15, 0.2) is 0 Å². The molecule has 2 N–H and O–H groups in total. The zero-order valence-corrected chi connectivity index (χ0v) is 7.28. The molecule has 0 bridgehead atoms. The van der Waals surface area contributed by atoms with E-state index in [2.05, 4.69) is 26.1 Å². The molecule has 0 saturated carbocycles. The topological polar surface area (TPSA) is 32.3 Å². The summed E-state index contributed by atoms with van der Waals surface area (Å²) in [7, 11) is 0. The summed E-state index contributed by atoms with van der Waals surface area (Å²) in [5.74, 6) is 0. The normalized spacial score (nSPS) is 12.0. The zero-order valence-electron chi connectivity index (χ0n) is 7.28. The summed E-state index contributed by atoms with van der Waals surface area (Å²) in [6.07, 6.45) is 1.97. The number of hydrogen-bond donors (Lipinski definition) is 2. The predicted octanol–water partition coefficient (Wildman–Crippen LogP) is 1.15. The van der Waals surface area contributed by atoms with Crippen LogP contribution in [-0.2, 0) is 0 Å². The zero-order chi connectivity index (χ0) is 8.04. The Hall–Kier alpha value is -0.0800. The summed E-state index contributed by atoms with van der Waals surface area (Å²) >= 11 is 0. The molecule has 62 valence electrons. The van der Waals surface area contributed by atoms with E-state index in [4.69, 9.17) is 5.11 Å². The van der Waals surface area contributed by atoms with E-state index in [0.29, 0.717) is 0 Å². The second-order valence-corrected chi connectivity index (χ2v) is 3.24. The largest absolute Gasteiger partial charge is 0.396 e. The molecule has 0 spiro atoms. The molecule has 0 aliphatic carbocycles. The minimum Gasteiger partial charge on any atom is -0.396 e. The van der Waals surface area contributed by atoms with Crippen LogP contribution < -0.4 is 5.32 Å². The maximum atomic E-state index is 8.50. The van der Waals surface area contributed by atoms with Gasteiger partial charge in [0.25, 0.3) is 0 Å². The molecule has 0 heterocycles. The first-order valence-electron chi connectivity index (χ1n) is 3.98. The predicted molar refractivity (Wildman–Crippen MR) is 44.1 cm³/mol. The second kappa shape index (κ2) is 4.69. The summed E-state index contributed by atoms with van der Waals surface area (Å²) < 4.78 is 0. The number of nitrogens with one attached hydrogen (secondary N) is 1. The second-order valence-electron chi connectivity index (χ2n) is 3.24. The van der Waals surface area contributed by atoms with E-state index in [0.717, 1.165) is 19.4 Å². The summed E-state index contributed by atoms with van der Waals surface area (Å²) in [5, 5.41) is 11.8. The Morgan fingerprint density at radius 2 is 2.00 bits per heavy atom. The average molecular weight is 145 g/mol. The number of aliphatic hydroxyl groups is 1. The van der Waals surface area contributed by atoms with Crippen LogP contribution in [-0.4, -0.2) is 23.8 Å². The van der Waals surface area contributed by atoms with Gasteiger partial charge in [0.15, 0.2) is 0 Å². The molecule has 0 unspecified atom stereocenters. The van der Waals surface area contributed by atoms with Gasteiger partial charge in [-0.25, -0.2) is 0 Å². The van der Waals surface area contributed by atoms with Crippen LogP contribution in [0.1, 0.15) is 33.6 Å². The Morgan fingerprint density at radius 3 is 2.40 bits per heavy atom. The highest BCUT2D eigenvalue weighted by molar-refractivity contribution is 4.74. The van der Waals surface area contributed by atoms with Gasteiger partial charge < -0.3 is 10.4 Å². The lowest BCUT2D eigenvalue weighted by Gasteiger charge is -2.24. The fourth-order valence-electron chi connectivity index (χ4n) is 0.631. The minimum absolute atomic E-state index is 0.231. The van der Waals surface area contributed by atoms with Crippen molar-refractivity contribution in [3.8, 4) is 0 Å². The Bertz CT molecular complexity index is 81.3. The monoisotopic (exact) mass is 145 g/mol. The van der Waals surface area contributed by atoms with Gasteiger partial charge in [0.1, 0.15) is 0 Å². The maximum absolute atomic E-state index is 8.50. The smallest absolute Gasteiger partial charge is 0.0443 e. The van der Waals surface area contributed by atoms with E-state index >= 15 is 0 Å². The van der Waals surface area contributed by atoms with Crippen LogP contribution in [0.25, 0.3) is 0 Å². The van der Waals surface area contributed by atoms with E-state index in [1.54, 1.807) is 0 Å². The van der Waals surface area contributed by atoms with Crippen molar-refractivity contribution < 1.29 is 5.11 Å². The lowest BCUT2D eigenvalue weighted by molar-refractivity contribution is 0.273. The molecule has 2 nitrogen and oxygen atoms in total. The highest BCUT2D eigenvalue weighted by Crippen LogP contribution is 2.05. The van der Waals surface area contributed by atoms with Gasteiger partial charge in [-0.05, 0) is 33.2 Å². The van der Waals surface area contributed by atoms with Crippen molar-refractivity contribution in [2.24, 2.45) is 0 Å². The lowest BCUT2D eigenvalue weighted by Crippen LogP contribution is -2.39. The molecule has 0 aromatic heterocycles. The first kappa shape index (κ1) is 9.92. The lowest BCUT2D eigenvalue weighted by atomic mass is 10.0. The van der Waals surface area contributed by atoms with E-state index in [1.807, 2.05) is 0 Å². The third kappa shape index (κ3) is 4.77. The van der Waals surface area contributed by atoms with E-state index in [1.165, 1.54) is 0 Å². The third-order valence-electron chi connectivity index (χ3n) is 1.82. The van der Waals surface area contributed by atoms with Gasteiger partial charge in [0.2, 0.25) is 0 Å². The van der Waals surface area contributed by atoms with Gasteiger partial charge in [0, 0.05) is 12.1 Å². The summed E-state index contributed by atoms with van der Waals surface area (Å²) in [6, 6.07) is 0. The molecule has 0 atom stereocenters. The fraction of sp³-hybridized carbons (Fsp3) is 1.00. The highest BCUT2D eigenvalue weighted by Gasteiger charge is 2.11. The van der Waals surface area contributed by atoms with Crippen molar-refractivity contribution in [3.05, 3.63) is 0 Å². The van der Waals surface area contributed by atoms with Crippen LogP contribution >= 0.6 is 0 Å². The SMILES string of the molecule is CCC(C)(C)NCCCO. The molecule has 0 amide bonds. The molecule has 2 heteroatoms. The van der Waals surface area contributed by atoms with E-state index in [9.17, 15) is 0 Å². The van der Waals surface area contributed by atoms with Crippen molar-refractivity contribution in [3.63, 3.8) is 0 Å². The van der Waals surface area contributed by atoms with Gasteiger partial charge in [-0.15, -0.1) is 0 Å². The first-order valence-corrected chi connectivity index (χ1v) is 3.98. The minimum atomic E-state index is 0.231. The molecule has 0 aromatic rings. The van der Waals surface area contributed by atoms with Gasteiger partial charge >= 0.3 is 0 Å². The molecule has 0 radical (unpaired) electrons. The third-order valence-corrected chi connectivity index (χ3v) is 1.82. The molecule has 10 heavy (non-hydrogen) atoms. The Labute approximate surface area is 63.6 Å². The van der Waals surface area contributed by atoms with Crippen LogP contribution in [0.4, 0.5) is 0 Å². The van der Waals surface area contributed by atoms with E-state index < -0.39 is 0 Å². The van der Waals surface area contributed by atoms with Gasteiger partial charge in [-0.2, -0.15) is 0 Å². The summed E-state index contributed by atoms with van der Waals surface area (Å²) in [5.41, 5.74) is 0.231. The molecular weight excluding hydrogens is 126 g/mol. The number of rotatable bonds is 5. The molecular formula is C8H19NO. The van der Waals surface area contributed by atoms with Crippen molar-refractivity contribution in [1.29, 1.82) is 0 Å². The standard InChI is InChI=1S/C8H19NO/c1-4-8(2,3)9-6-5-7-10/h9-10H,4-7H2,1-3H3. The fourth-order valence-corrected chi connectivity index (χ4v) is 0.631. The van der Waals surface area contributed by atoms with Crippen molar-refractivity contribution >= 4 is 0 Å². The molecule has 0 rings (SSSR count). The average Bonchev–Trinajstić information content (AvgIpc) is 1.89. The van der Waals surface area contributed by atoms with Gasteiger partial charge in [-0.1, -0.05) is 6.92 Å². The van der Waals surface area contributed by atoms with Gasteiger partial charge in [0.05, 0.1) is 0 Å². The number of hydrogen-bond acceptors (Lipinski definition) is 2. The Morgan fingerprint density at radius 1 is 1.40 bits per heavy atom. The quantitative estimate of drug-likeness (QED) is 0.569. The number of aliphatic hydroxyl groups excluding tert-OH is 1. The first-order chi connectivity index (χ1) is 4.62. The molecule has 0 aliphatic rings. The van der Waals surface area contributed by atoms with Crippen LogP contribution in [0.5, 0.6) is 0 Å². The molecule has 0 aliphatic heterocycles. The Balaban J connectivity index is 3.28. The molecule has 0 fully saturated rings. The van der Waals surface area contributed by atoms with Crippen molar-refractivity contribution in [2.45, 2.75) is 39.2 Å². The highest BCUT2D eigenvalue weighted by atomic mass is 16.3. The van der Waals surface area contributed by atoms with Crippen molar-refractivity contribution in [1.82, 2.24) is 5.32 Å². The molecule has 0 saturated heterocycles. The maximum Gasteiger partial charge on any atom is 0.0443 e. The van der Waals surface area contributed by atoms with Crippen LogP contribution in [0.3, 0.4) is 0 Å². The van der Waals surface area contributed by atoms with Gasteiger partial charge in [-0.3, -0.25) is 0 Å². The summed E-state index contributed by atoms with van der Waals surface area (Å²) in [6.45, 7) is 7.70. The Kier molecular flexibility index (Phi) is 4.65.